The number of ketones is 1. The molecule has 176 valence electrons. The smallest absolute Gasteiger partial charge is 0.269 e. The maximum atomic E-state index is 13.8. The molecule has 1 amide bonds. The van der Waals surface area contributed by atoms with E-state index < -0.39 is 21.7 Å². The molecule has 0 saturated heterocycles. The average molecular weight is 470 g/mol. The molecule has 0 radical (unpaired) electrons. The van der Waals surface area contributed by atoms with Gasteiger partial charge in [-0.1, -0.05) is 32.0 Å². The predicted molar refractivity (Wildman–Crippen MR) is 129 cm³/mol. The normalized spacial score (nSPS) is 22.6. The van der Waals surface area contributed by atoms with Crippen molar-refractivity contribution in [2.24, 2.45) is 11.1 Å². The van der Waals surface area contributed by atoms with E-state index in [0.29, 0.717) is 34.6 Å². The van der Waals surface area contributed by atoms with E-state index in [0.717, 1.165) is 0 Å². The van der Waals surface area contributed by atoms with Gasteiger partial charge in [0.25, 0.3) is 5.69 Å². The number of nitrogens with zero attached hydrogens (tertiary/aromatic N) is 3. The summed E-state index contributed by atoms with van der Waals surface area (Å²) in [6, 6.07) is 13.5. The Hall–Kier alpha value is -4.45. The fourth-order valence-electron chi connectivity index (χ4n) is 5.65. The van der Waals surface area contributed by atoms with Crippen LogP contribution in [0, 0.1) is 33.8 Å². The Morgan fingerprint density at radius 2 is 1.89 bits per heavy atom. The third-order valence-electron chi connectivity index (χ3n) is 7.03. The summed E-state index contributed by atoms with van der Waals surface area (Å²) >= 11 is 0. The van der Waals surface area contributed by atoms with Crippen LogP contribution in [-0.4, -0.2) is 16.6 Å². The van der Waals surface area contributed by atoms with E-state index in [9.17, 15) is 25.0 Å². The number of hydrogen-bond donors (Lipinski definition) is 2. The highest BCUT2D eigenvalue weighted by Crippen LogP contribution is 2.57. The number of benzene rings is 2. The van der Waals surface area contributed by atoms with Gasteiger partial charge in [-0.15, -0.1) is 0 Å². The molecule has 1 spiro atoms. The molecule has 2 aliphatic heterocycles. The minimum absolute atomic E-state index is 0.0283. The summed E-state index contributed by atoms with van der Waals surface area (Å²) in [6.07, 6.45) is 0.621. The highest BCUT2D eigenvalue weighted by molar-refractivity contribution is 6.20. The lowest BCUT2D eigenvalue weighted by Gasteiger charge is -2.47. The van der Waals surface area contributed by atoms with Gasteiger partial charge in [-0.05, 0) is 36.5 Å². The van der Waals surface area contributed by atoms with Crippen LogP contribution in [0.15, 0.2) is 65.1 Å². The topological polar surface area (TPSA) is 142 Å². The number of carbonyl (C=O) groups is 2. The fraction of sp³-hybridized carbons (Fsp3) is 0.269. The predicted octanol–water partition coefficient (Wildman–Crippen LogP) is 3.95. The van der Waals surface area contributed by atoms with Crippen LogP contribution in [-0.2, 0) is 15.0 Å². The number of carbonyl (C=O) groups excluding carboxylic acids is 2. The van der Waals surface area contributed by atoms with E-state index in [1.807, 2.05) is 13.8 Å². The molecular weight excluding hydrogens is 446 g/mol. The van der Waals surface area contributed by atoms with Gasteiger partial charge in [0.1, 0.15) is 17.3 Å². The number of aryl methyl sites for hydroxylation is 1. The number of Topliss-reactive ketones (excluding diaryl/α,β-unsaturated/α-hetero) is 1. The molecule has 2 aromatic rings. The van der Waals surface area contributed by atoms with Gasteiger partial charge in [-0.3, -0.25) is 24.6 Å². The first-order valence-corrected chi connectivity index (χ1v) is 11.2. The molecule has 1 atom stereocenters. The summed E-state index contributed by atoms with van der Waals surface area (Å²) < 4.78 is 0. The average Bonchev–Trinajstić information content (AvgIpc) is 3.06. The number of allylic oxidation sites excluding steroid dienone is 1. The van der Waals surface area contributed by atoms with Gasteiger partial charge >= 0.3 is 0 Å². The minimum Gasteiger partial charge on any atom is -0.384 e. The van der Waals surface area contributed by atoms with Gasteiger partial charge in [-0.25, -0.2) is 0 Å². The van der Waals surface area contributed by atoms with Crippen molar-refractivity contribution >= 4 is 28.8 Å². The Bertz CT molecular complexity index is 1460. The maximum absolute atomic E-state index is 13.8. The summed E-state index contributed by atoms with van der Waals surface area (Å²) in [6.45, 7) is 5.63. The summed E-state index contributed by atoms with van der Waals surface area (Å²) in [7, 11) is 0. The second-order valence-corrected chi connectivity index (χ2v) is 9.95. The molecule has 35 heavy (non-hydrogen) atoms. The highest BCUT2D eigenvalue weighted by atomic mass is 16.6. The molecule has 2 aromatic carbocycles. The second-order valence-electron chi connectivity index (χ2n) is 9.95. The maximum Gasteiger partial charge on any atom is 0.269 e. The Morgan fingerprint density at radius 3 is 2.54 bits per heavy atom. The van der Waals surface area contributed by atoms with Gasteiger partial charge in [0.05, 0.1) is 16.2 Å². The number of fused-ring (bicyclic) bond motifs is 3. The Labute approximate surface area is 201 Å². The Morgan fingerprint density at radius 1 is 1.17 bits per heavy atom. The van der Waals surface area contributed by atoms with Gasteiger partial charge < -0.3 is 11.1 Å². The van der Waals surface area contributed by atoms with Crippen molar-refractivity contribution in [3.8, 4) is 6.07 Å². The van der Waals surface area contributed by atoms with Gasteiger partial charge in [0.15, 0.2) is 5.78 Å². The number of para-hydroxylation sites is 1. The van der Waals surface area contributed by atoms with E-state index in [1.165, 1.54) is 12.1 Å². The van der Waals surface area contributed by atoms with Crippen LogP contribution >= 0.6 is 0 Å². The van der Waals surface area contributed by atoms with Crippen LogP contribution in [0.3, 0.4) is 0 Å². The molecule has 3 N–H and O–H groups in total. The summed E-state index contributed by atoms with van der Waals surface area (Å²) in [5.41, 5.74) is 7.36. The quantitative estimate of drug-likeness (QED) is 0.501. The number of amides is 1. The lowest BCUT2D eigenvalue weighted by molar-refractivity contribution is -0.384. The van der Waals surface area contributed by atoms with Gasteiger partial charge in [0, 0.05) is 41.1 Å². The van der Waals surface area contributed by atoms with Crippen molar-refractivity contribution in [3.63, 3.8) is 0 Å². The van der Waals surface area contributed by atoms with E-state index in [2.05, 4.69) is 11.4 Å². The standard InChI is InChI=1S/C26H23N5O4/c1-14-10-15(31(34)35)8-9-19(14)30-20-11-25(2,3)12-21(32)22(20)26(17(13-27)23(30)28)16-6-4-5-7-18(16)29-24(26)33/h4-10H,11-12,28H2,1-3H3,(H,29,33). The van der Waals surface area contributed by atoms with Gasteiger partial charge in [0.2, 0.25) is 5.91 Å². The minimum atomic E-state index is -1.65. The summed E-state index contributed by atoms with van der Waals surface area (Å²) in [5.74, 6) is -0.688. The first-order chi connectivity index (χ1) is 16.5. The lowest BCUT2D eigenvalue weighted by atomic mass is 9.60. The number of anilines is 2. The third kappa shape index (κ3) is 2.93. The van der Waals surface area contributed by atoms with Crippen molar-refractivity contribution < 1.29 is 14.5 Å². The Balaban J connectivity index is 1.88. The number of nitro benzene ring substituents is 1. The summed E-state index contributed by atoms with van der Waals surface area (Å²) in [5, 5.41) is 24.5. The SMILES string of the molecule is Cc1cc([N+](=O)[O-])ccc1N1C(N)=C(C#N)C2(C(=O)Nc3ccccc32)C2=C1CC(C)(C)CC2=O. The van der Waals surface area contributed by atoms with Crippen LogP contribution in [0.2, 0.25) is 0 Å². The molecule has 0 fully saturated rings. The molecule has 0 aromatic heterocycles. The molecule has 1 unspecified atom stereocenters. The first-order valence-electron chi connectivity index (χ1n) is 11.2. The number of nitriles is 1. The molecule has 0 bridgehead atoms. The molecule has 9 heteroatoms. The number of hydrogen-bond acceptors (Lipinski definition) is 7. The highest BCUT2D eigenvalue weighted by Gasteiger charge is 2.61. The molecule has 1 aliphatic carbocycles. The zero-order chi connectivity index (χ0) is 25.3. The lowest BCUT2D eigenvalue weighted by Crippen LogP contribution is -2.52. The number of nitro groups is 1. The van der Waals surface area contributed by atoms with Crippen LogP contribution in [0.1, 0.15) is 37.8 Å². The van der Waals surface area contributed by atoms with Crippen molar-refractivity contribution in [2.75, 3.05) is 10.2 Å². The molecule has 5 rings (SSSR count). The van der Waals surface area contributed by atoms with E-state index >= 15 is 0 Å². The first kappa shape index (κ1) is 22.3. The third-order valence-corrected chi connectivity index (χ3v) is 7.03. The number of rotatable bonds is 2. The molecular formula is C26H23N5O4. The van der Waals surface area contributed by atoms with Crippen LogP contribution in [0.5, 0.6) is 0 Å². The molecule has 3 aliphatic rings. The Kier molecular flexibility index (Phi) is 4.64. The number of nitrogens with two attached hydrogens (primary N) is 1. The molecule has 9 nitrogen and oxygen atoms in total. The molecule has 0 saturated carbocycles. The van der Waals surface area contributed by atoms with Crippen molar-refractivity contribution in [3.05, 3.63) is 86.4 Å². The molecule has 2 heterocycles. The van der Waals surface area contributed by atoms with Gasteiger partial charge in [-0.2, -0.15) is 5.26 Å². The second kappa shape index (κ2) is 7.27. The van der Waals surface area contributed by atoms with Crippen molar-refractivity contribution in [1.29, 1.82) is 5.26 Å². The van der Waals surface area contributed by atoms with Crippen LogP contribution in [0.25, 0.3) is 0 Å². The van der Waals surface area contributed by atoms with Crippen LogP contribution < -0.4 is 16.0 Å². The van der Waals surface area contributed by atoms with Crippen molar-refractivity contribution in [1.82, 2.24) is 0 Å². The zero-order valence-electron chi connectivity index (χ0n) is 19.5. The summed E-state index contributed by atoms with van der Waals surface area (Å²) in [4.78, 5) is 39.9. The van der Waals surface area contributed by atoms with Crippen LogP contribution in [0.4, 0.5) is 17.1 Å². The zero-order valence-corrected chi connectivity index (χ0v) is 19.5. The van der Waals surface area contributed by atoms with E-state index in [4.69, 9.17) is 5.73 Å². The van der Waals surface area contributed by atoms with E-state index in [-0.39, 0.29) is 34.9 Å². The largest absolute Gasteiger partial charge is 0.384 e. The fourth-order valence-corrected chi connectivity index (χ4v) is 5.65. The monoisotopic (exact) mass is 469 g/mol. The van der Waals surface area contributed by atoms with E-state index in [1.54, 1.807) is 42.2 Å². The number of non-ortho nitro benzene ring substituents is 1. The number of nitrogens with one attached hydrogen (secondary N) is 1. The van der Waals surface area contributed by atoms with Crippen molar-refractivity contribution in [2.45, 2.75) is 39.0 Å².